The fraction of sp³-hybridized carbons (Fsp3) is 0.381. The van der Waals surface area contributed by atoms with E-state index >= 15 is 0 Å². The molecule has 2 aromatic rings. The van der Waals surface area contributed by atoms with Crippen molar-refractivity contribution < 1.29 is 17.9 Å². The van der Waals surface area contributed by atoms with E-state index in [1.54, 1.807) is 36.4 Å². The Morgan fingerprint density at radius 1 is 1.07 bits per heavy atom. The quantitative estimate of drug-likeness (QED) is 0.801. The number of anilines is 1. The average molecular weight is 403 g/mol. The zero-order chi connectivity index (χ0) is 20.1. The Morgan fingerprint density at radius 2 is 1.75 bits per heavy atom. The van der Waals surface area contributed by atoms with Crippen molar-refractivity contribution in [3.05, 3.63) is 54.1 Å². The van der Waals surface area contributed by atoms with E-state index < -0.39 is 10.0 Å². The second kappa shape index (κ2) is 8.65. The molecule has 28 heavy (non-hydrogen) atoms. The van der Waals surface area contributed by atoms with Crippen LogP contribution in [0.25, 0.3) is 0 Å². The van der Waals surface area contributed by atoms with Crippen LogP contribution in [0, 0.1) is 0 Å². The molecule has 7 heteroatoms. The number of amides is 1. The number of ether oxygens (including phenoxy) is 1. The van der Waals surface area contributed by atoms with Crippen molar-refractivity contribution in [3.63, 3.8) is 0 Å². The molecule has 0 unspecified atom stereocenters. The summed E-state index contributed by atoms with van der Waals surface area (Å²) in [6.07, 6.45) is 5.48. The molecule has 0 aromatic heterocycles. The van der Waals surface area contributed by atoms with Gasteiger partial charge in [0, 0.05) is 18.7 Å². The van der Waals surface area contributed by atoms with Crippen LogP contribution in [-0.4, -0.2) is 34.5 Å². The SMILES string of the molecule is COc1ccc(S(=O)(=O)N(C)c2cccc(C(=O)NC3CCCCC3)c2)cc1. The van der Waals surface area contributed by atoms with E-state index in [0.717, 1.165) is 25.7 Å². The summed E-state index contributed by atoms with van der Waals surface area (Å²) in [5, 5.41) is 3.06. The predicted octanol–water partition coefficient (Wildman–Crippen LogP) is 3.58. The molecule has 1 aliphatic rings. The van der Waals surface area contributed by atoms with Gasteiger partial charge in [0.1, 0.15) is 5.75 Å². The third-order valence-electron chi connectivity index (χ3n) is 5.13. The van der Waals surface area contributed by atoms with Crippen molar-refractivity contribution in [1.29, 1.82) is 0 Å². The van der Waals surface area contributed by atoms with Gasteiger partial charge in [-0.15, -0.1) is 0 Å². The van der Waals surface area contributed by atoms with Crippen molar-refractivity contribution >= 4 is 21.6 Å². The van der Waals surface area contributed by atoms with E-state index in [0.29, 0.717) is 17.0 Å². The molecular formula is C21H26N2O4S. The molecule has 1 aliphatic carbocycles. The van der Waals surface area contributed by atoms with Crippen molar-refractivity contribution in [1.82, 2.24) is 5.32 Å². The fourth-order valence-corrected chi connectivity index (χ4v) is 4.59. The first-order chi connectivity index (χ1) is 13.4. The van der Waals surface area contributed by atoms with Crippen molar-refractivity contribution in [3.8, 4) is 5.75 Å². The highest BCUT2D eigenvalue weighted by molar-refractivity contribution is 7.92. The van der Waals surface area contributed by atoms with Gasteiger partial charge in [0.25, 0.3) is 15.9 Å². The van der Waals surface area contributed by atoms with Gasteiger partial charge in [-0.2, -0.15) is 0 Å². The van der Waals surface area contributed by atoms with E-state index in [1.807, 2.05) is 0 Å². The predicted molar refractivity (Wildman–Crippen MR) is 109 cm³/mol. The van der Waals surface area contributed by atoms with Crippen LogP contribution in [0.5, 0.6) is 5.75 Å². The average Bonchev–Trinajstić information content (AvgIpc) is 2.74. The summed E-state index contributed by atoms with van der Waals surface area (Å²) in [6, 6.07) is 13.1. The molecule has 0 bridgehead atoms. The first kappa shape index (κ1) is 20.2. The topological polar surface area (TPSA) is 75.7 Å². The minimum absolute atomic E-state index is 0.160. The number of carbonyl (C=O) groups is 1. The van der Waals surface area contributed by atoms with Crippen LogP contribution in [-0.2, 0) is 10.0 Å². The number of methoxy groups -OCH3 is 1. The Labute approximate surface area is 166 Å². The lowest BCUT2D eigenvalue weighted by Crippen LogP contribution is -2.36. The number of nitrogens with zero attached hydrogens (tertiary/aromatic N) is 1. The minimum Gasteiger partial charge on any atom is -0.497 e. The second-order valence-electron chi connectivity index (χ2n) is 7.01. The number of sulfonamides is 1. The molecule has 3 rings (SSSR count). The number of benzene rings is 2. The van der Waals surface area contributed by atoms with Crippen LogP contribution in [0.4, 0.5) is 5.69 Å². The van der Waals surface area contributed by atoms with Crippen molar-refractivity contribution in [2.45, 2.75) is 43.0 Å². The summed E-state index contributed by atoms with van der Waals surface area (Å²) in [4.78, 5) is 12.7. The minimum atomic E-state index is -3.74. The van der Waals surface area contributed by atoms with Gasteiger partial charge in [0.15, 0.2) is 0 Å². The molecule has 1 fully saturated rings. The molecule has 0 atom stereocenters. The third kappa shape index (κ3) is 4.47. The third-order valence-corrected chi connectivity index (χ3v) is 6.93. The van der Waals surface area contributed by atoms with Gasteiger partial charge < -0.3 is 10.1 Å². The van der Waals surface area contributed by atoms with Crippen LogP contribution >= 0.6 is 0 Å². The van der Waals surface area contributed by atoms with Gasteiger partial charge in [-0.3, -0.25) is 9.10 Å². The second-order valence-corrected chi connectivity index (χ2v) is 8.98. The van der Waals surface area contributed by atoms with E-state index in [-0.39, 0.29) is 16.8 Å². The summed E-state index contributed by atoms with van der Waals surface area (Å²) >= 11 is 0. The summed E-state index contributed by atoms with van der Waals surface area (Å²) in [7, 11) is -0.729. The number of rotatable bonds is 6. The van der Waals surface area contributed by atoms with Gasteiger partial charge in [-0.1, -0.05) is 25.3 Å². The van der Waals surface area contributed by atoms with Crippen LogP contribution in [0.15, 0.2) is 53.4 Å². The molecule has 1 amide bonds. The van der Waals surface area contributed by atoms with Gasteiger partial charge >= 0.3 is 0 Å². The molecule has 0 spiro atoms. The first-order valence-electron chi connectivity index (χ1n) is 9.46. The maximum absolute atomic E-state index is 12.9. The molecule has 0 radical (unpaired) electrons. The normalized spacial score (nSPS) is 15.1. The summed E-state index contributed by atoms with van der Waals surface area (Å²) in [5.74, 6) is 0.423. The summed E-state index contributed by atoms with van der Waals surface area (Å²) < 4.78 is 32.1. The lowest BCUT2D eigenvalue weighted by Gasteiger charge is -2.23. The smallest absolute Gasteiger partial charge is 0.264 e. The molecule has 2 aromatic carbocycles. The van der Waals surface area contributed by atoms with Gasteiger partial charge in [0.05, 0.1) is 17.7 Å². The first-order valence-corrected chi connectivity index (χ1v) is 10.9. The Morgan fingerprint density at radius 3 is 2.39 bits per heavy atom. The van der Waals surface area contributed by atoms with Crippen molar-refractivity contribution in [2.24, 2.45) is 0 Å². The fourth-order valence-electron chi connectivity index (χ4n) is 3.40. The van der Waals surface area contributed by atoms with E-state index in [9.17, 15) is 13.2 Å². The number of hydrogen-bond donors (Lipinski definition) is 1. The van der Waals surface area contributed by atoms with Gasteiger partial charge in [-0.25, -0.2) is 8.42 Å². The van der Waals surface area contributed by atoms with E-state index in [4.69, 9.17) is 4.74 Å². The lowest BCUT2D eigenvalue weighted by molar-refractivity contribution is 0.0927. The molecule has 0 saturated heterocycles. The molecule has 1 N–H and O–H groups in total. The van der Waals surface area contributed by atoms with Crippen LogP contribution in [0.2, 0.25) is 0 Å². The van der Waals surface area contributed by atoms with Gasteiger partial charge in [0.2, 0.25) is 0 Å². The Hall–Kier alpha value is -2.54. The maximum atomic E-state index is 12.9. The number of carbonyl (C=O) groups excluding carboxylic acids is 1. The Balaban J connectivity index is 1.78. The highest BCUT2D eigenvalue weighted by Crippen LogP contribution is 2.25. The standard InChI is InChI=1S/C21H26N2O4S/c1-23(28(25,26)20-13-11-19(27-2)12-14-20)18-10-6-7-16(15-18)21(24)22-17-8-4-3-5-9-17/h6-7,10-15,17H,3-5,8-9H2,1-2H3,(H,22,24). The number of hydrogen-bond acceptors (Lipinski definition) is 4. The van der Waals surface area contributed by atoms with E-state index in [1.165, 1.54) is 37.0 Å². The highest BCUT2D eigenvalue weighted by atomic mass is 32.2. The van der Waals surface area contributed by atoms with Crippen molar-refractivity contribution in [2.75, 3.05) is 18.5 Å². The Bertz CT molecular complexity index is 920. The molecule has 0 aliphatic heterocycles. The summed E-state index contributed by atoms with van der Waals surface area (Å²) in [5.41, 5.74) is 0.895. The zero-order valence-electron chi connectivity index (χ0n) is 16.2. The highest BCUT2D eigenvalue weighted by Gasteiger charge is 2.23. The van der Waals surface area contributed by atoms with E-state index in [2.05, 4.69) is 5.32 Å². The molecule has 6 nitrogen and oxygen atoms in total. The van der Waals surface area contributed by atoms with Crippen LogP contribution in [0.1, 0.15) is 42.5 Å². The van der Waals surface area contributed by atoms with Crippen LogP contribution in [0.3, 0.4) is 0 Å². The zero-order valence-corrected chi connectivity index (χ0v) is 17.0. The molecular weight excluding hydrogens is 376 g/mol. The lowest BCUT2D eigenvalue weighted by atomic mass is 9.95. The monoisotopic (exact) mass is 402 g/mol. The molecule has 0 heterocycles. The van der Waals surface area contributed by atoms with Crippen LogP contribution < -0.4 is 14.4 Å². The number of nitrogens with one attached hydrogen (secondary N) is 1. The Kier molecular flexibility index (Phi) is 6.24. The molecule has 1 saturated carbocycles. The maximum Gasteiger partial charge on any atom is 0.264 e. The van der Waals surface area contributed by atoms with Gasteiger partial charge in [-0.05, 0) is 55.3 Å². The summed E-state index contributed by atoms with van der Waals surface area (Å²) in [6.45, 7) is 0. The molecule has 150 valence electrons. The largest absolute Gasteiger partial charge is 0.497 e.